The molecule has 0 aliphatic carbocycles. The number of rotatable bonds is 8. The SMILES string of the molecule is COc1ccc(NC(=O)Nc2nnc(SCC[NH+]3CCCC3)s2)cc1OC. The molecule has 1 aromatic carbocycles. The van der Waals surface area contributed by atoms with Gasteiger partial charge in [-0.3, -0.25) is 5.32 Å². The van der Waals surface area contributed by atoms with Crippen LogP contribution < -0.4 is 25.0 Å². The monoisotopic (exact) mass is 410 g/mol. The Morgan fingerprint density at radius 3 is 2.70 bits per heavy atom. The van der Waals surface area contributed by atoms with E-state index in [0.717, 1.165) is 16.6 Å². The van der Waals surface area contributed by atoms with Crippen LogP contribution in [0, 0.1) is 0 Å². The van der Waals surface area contributed by atoms with Crippen molar-refractivity contribution in [2.75, 3.05) is 50.2 Å². The number of benzene rings is 1. The van der Waals surface area contributed by atoms with Crippen molar-refractivity contribution in [2.45, 2.75) is 17.2 Å². The largest absolute Gasteiger partial charge is 0.493 e. The lowest BCUT2D eigenvalue weighted by atomic mass is 10.3. The number of quaternary nitrogens is 1. The van der Waals surface area contributed by atoms with E-state index >= 15 is 0 Å². The first-order valence-corrected chi connectivity index (χ1v) is 10.6. The highest BCUT2D eigenvalue weighted by molar-refractivity contribution is 8.01. The topological polar surface area (TPSA) is 89.8 Å². The normalized spacial score (nSPS) is 14.1. The Hall–Kier alpha value is -2.04. The third-order valence-electron chi connectivity index (χ3n) is 4.26. The molecule has 10 heteroatoms. The first-order valence-electron chi connectivity index (χ1n) is 8.78. The van der Waals surface area contributed by atoms with Gasteiger partial charge in [-0.15, -0.1) is 10.2 Å². The molecular weight excluding hydrogens is 386 g/mol. The van der Waals surface area contributed by atoms with Crippen LogP contribution in [0.4, 0.5) is 15.6 Å². The third kappa shape index (κ3) is 5.72. The lowest BCUT2D eigenvalue weighted by molar-refractivity contribution is -0.884. The maximum atomic E-state index is 12.2. The Kier molecular flexibility index (Phi) is 7.13. The minimum Gasteiger partial charge on any atom is -0.493 e. The first kappa shape index (κ1) is 19.7. The summed E-state index contributed by atoms with van der Waals surface area (Å²) in [6.07, 6.45) is 2.67. The molecule has 1 aliphatic rings. The van der Waals surface area contributed by atoms with E-state index in [-0.39, 0.29) is 6.03 Å². The molecule has 2 heterocycles. The number of nitrogens with one attached hydrogen (secondary N) is 3. The molecule has 8 nitrogen and oxygen atoms in total. The van der Waals surface area contributed by atoms with Crippen LogP contribution in [0.2, 0.25) is 0 Å². The molecule has 0 unspecified atom stereocenters. The minimum absolute atomic E-state index is 0.378. The Morgan fingerprint density at radius 1 is 1.19 bits per heavy atom. The molecule has 2 aromatic rings. The number of carbonyl (C=O) groups excluding carboxylic acids is 1. The number of thioether (sulfide) groups is 1. The molecule has 0 spiro atoms. The van der Waals surface area contributed by atoms with E-state index in [2.05, 4.69) is 20.8 Å². The van der Waals surface area contributed by atoms with E-state index < -0.39 is 0 Å². The molecule has 0 bridgehead atoms. The van der Waals surface area contributed by atoms with E-state index in [4.69, 9.17) is 9.47 Å². The predicted octanol–water partition coefficient (Wildman–Crippen LogP) is 1.97. The summed E-state index contributed by atoms with van der Waals surface area (Å²) in [7, 11) is 3.11. The van der Waals surface area contributed by atoms with Crippen molar-refractivity contribution in [3.8, 4) is 11.5 Å². The van der Waals surface area contributed by atoms with Gasteiger partial charge in [-0.1, -0.05) is 23.1 Å². The molecule has 1 aromatic heterocycles. The number of hydrogen-bond donors (Lipinski definition) is 3. The summed E-state index contributed by atoms with van der Waals surface area (Å²) >= 11 is 3.07. The number of urea groups is 1. The van der Waals surface area contributed by atoms with Gasteiger partial charge in [-0.25, -0.2) is 4.79 Å². The van der Waals surface area contributed by atoms with Gasteiger partial charge in [0, 0.05) is 30.3 Å². The van der Waals surface area contributed by atoms with Gasteiger partial charge in [0.25, 0.3) is 0 Å². The molecule has 2 amide bonds. The first-order chi connectivity index (χ1) is 13.2. The third-order valence-corrected chi connectivity index (χ3v) is 6.23. The standard InChI is InChI=1S/C17H23N5O3S2/c1-24-13-6-5-12(11-14(13)25-2)18-15(23)19-16-20-21-17(27-16)26-10-9-22-7-3-4-8-22/h5-6,11H,3-4,7-10H2,1-2H3,(H2,18,19,20,23)/p+1. The number of carbonyl (C=O) groups is 1. The molecule has 1 aliphatic heterocycles. The second-order valence-corrected chi connectivity index (χ2v) is 8.40. The maximum absolute atomic E-state index is 12.2. The Bertz CT molecular complexity index is 765. The van der Waals surface area contributed by atoms with E-state index in [9.17, 15) is 4.79 Å². The number of amides is 2. The fourth-order valence-electron chi connectivity index (χ4n) is 2.90. The molecule has 1 saturated heterocycles. The number of methoxy groups -OCH3 is 2. The summed E-state index contributed by atoms with van der Waals surface area (Å²) in [6.45, 7) is 3.70. The minimum atomic E-state index is -0.378. The van der Waals surface area contributed by atoms with Crippen LogP contribution in [0.3, 0.4) is 0 Å². The zero-order valence-corrected chi connectivity index (χ0v) is 17.0. The molecule has 146 valence electrons. The number of hydrogen-bond acceptors (Lipinski definition) is 7. The molecule has 1 fully saturated rings. The van der Waals surface area contributed by atoms with Crippen LogP contribution in [0.1, 0.15) is 12.8 Å². The van der Waals surface area contributed by atoms with E-state index in [1.54, 1.807) is 49.1 Å². The number of ether oxygens (including phenoxy) is 2. The lowest BCUT2D eigenvalue weighted by Gasteiger charge is -2.10. The van der Waals surface area contributed by atoms with Crippen molar-refractivity contribution < 1.29 is 19.2 Å². The van der Waals surface area contributed by atoms with Gasteiger partial charge in [0.15, 0.2) is 15.8 Å². The van der Waals surface area contributed by atoms with Crippen LogP contribution >= 0.6 is 23.1 Å². The van der Waals surface area contributed by atoms with Crippen molar-refractivity contribution in [2.24, 2.45) is 0 Å². The summed E-state index contributed by atoms with van der Waals surface area (Å²) in [6, 6.07) is 4.79. The summed E-state index contributed by atoms with van der Waals surface area (Å²) in [5, 5.41) is 14.1. The summed E-state index contributed by atoms with van der Waals surface area (Å²) < 4.78 is 11.3. The molecule has 0 saturated carbocycles. The van der Waals surface area contributed by atoms with Gasteiger partial charge < -0.3 is 19.7 Å². The van der Waals surface area contributed by atoms with Gasteiger partial charge in [0.1, 0.15) is 0 Å². The van der Waals surface area contributed by atoms with E-state index in [0.29, 0.717) is 22.3 Å². The highest BCUT2D eigenvalue weighted by Crippen LogP contribution is 2.30. The summed E-state index contributed by atoms with van der Waals surface area (Å²) in [4.78, 5) is 13.8. The molecular formula is C17H24N5O3S2+. The lowest BCUT2D eigenvalue weighted by Crippen LogP contribution is -3.10. The van der Waals surface area contributed by atoms with Crippen LogP contribution in [0.15, 0.2) is 22.5 Å². The summed E-state index contributed by atoms with van der Waals surface area (Å²) in [5.74, 6) is 2.16. The van der Waals surface area contributed by atoms with Crippen LogP contribution in [-0.4, -0.2) is 55.8 Å². The maximum Gasteiger partial charge on any atom is 0.325 e. The van der Waals surface area contributed by atoms with E-state index in [1.807, 2.05) is 0 Å². The second-order valence-electron chi connectivity index (χ2n) is 6.08. The van der Waals surface area contributed by atoms with Gasteiger partial charge in [0.2, 0.25) is 5.13 Å². The Labute approximate surface area is 166 Å². The molecule has 27 heavy (non-hydrogen) atoms. The van der Waals surface area contributed by atoms with Crippen LogP contribution in [0.5, 0.6) is 11.5 Å². The van der Waals surface area contributed by atoms with Crippen molar-refractivity contribution in [3.63, 3.8) is 0 Å². The number of anilines is 2. The van der Waals surface area contributed by atoms with Gasteiger partial charge in [0.05, 0.1) is 33.9 Å². The van der Waals surface area contributed by atoms with E-state index in [1.165, 1.54) is 37.3 Å². The quantitative estimate of drug-likeness (QED) is 0.455. The average molecular weight is 411 g/mol. The molecule has 3 N–H and O–H groups in total. The fraction of sp³-hybridized carbons (Fsp3) is 0.471. The highest BCUT2D eigenvalue weighted by Gasteiger charge is 2.15. The van der Waals surface area contributed by atoms with Crippen molar-refractivity contribution in [1.82, 2.24) is 10.2 Å². The molecule has 3 rings (SSSR count). The van der Waals surface area contributed by atoms with Crippen molar-refractivity contribution in [1.29, 1.82) is 0 Å². The predicted molar refractivity (Wildman–Crippen MR) is 108 cm³/mol. The summed E-state index contributed by atoms with van der Waals surface area (Å²) in [5.41, 5.74) is 0.595. The smallest absolute Gasteiger partial charge is 0.325 e. The van der Waals surface area contributed by atoms with Crippen molar-refractivity contribution >= 4 is 39.9 Å². The zero-order valence-electron chi connectivity index (χ0n) is 15.4. The molecule has 0 atom stereocenters. The molecule has 0 radical (unpaired) electrons. The Balaban J connectivity index is 1.47. The van der Waals surface area contributed by atoms with Crippen LogP contribution in [0.25, 0.3) is 0 Å². The van der Waals surface area contributed by atoms with Gasteiger partial charge in [-0.05, 0) is 12.1 Å². The van der Waals surface area contributed by atoms with Gasteiger partial charge >= 0.3 is 6.03 Å². The number of nitrogens with zero attached hydrogens (tertiary/aromatic N) is 2. The fourth-order valence-corrected chi connectivity index (χ4v) is 4.76. The van der Waals surface area contributed by atoms with Crippen LogP contribution in [-0.2, 0) is 0 Å². The Morgan fingerprint density at radius 2 is 1.96 bits per heavy atom. The van der Waals surface area contributed by atoms with Gasteiger partial charge in [-0.2, -0.15) is 0 Å². The van der Waals surface area contributed by atoms with Crippen molar-refractivity contribution in [3.05, 3.63) is 18.2 Å². The number of likely N-dealkylation sites (tertiary alicyclic amines) is 1. The second kappa shape index (κ2) is 9.77. The highest BCUT2D eigenvalue weighted by atomic mass is 32.2. The number of aromatic nitrogens is 2. The zero-order chi connectivity index (χ0) is 19.1. The average Bonchev–Trinajstić information content (AvgIpc) is 3.34.